The van der Waals surface area contributed by atoms with E-state index in [2.05, 4.69) is 19.9 Å². The Hall–Kier alpha value is -1.12. The third-order valence-corrected chi connectivity index (χ3v) is 9.28. The zero-order valence-electron chi connectivity index (χ0n) is 17.4. The normalized spacial score (nSPS) is 45.1. The maximum atomic E-state index is 12.5. The Labute approximate surface area is 164 Å². The molecule has 4 aliphatic rings. The van der Waals surface area contributed by atoms with Gasteiger partial charge in [-0.25, -0.2) is 0 Å². The molecule has 0 radical (unpaired) electrons. The molecule has 0 aromatic carbocycles. The van der Waals surface area contributed by atoms with E-state index in [1.165, 1.54) is 45.6 Å². The summed E-state index contributed by atoms with van der Waals surface area (Å²) in [5.74, 6) is 3.48. The molecule has 150 valence electrons. The van der Waals surface area contributed by atoms with Crippen molar-refractivity contribution in [1.29, 1.82) is 0 Å². The first-order valence-corrected chi connectivity index (χ1v) is 11.2. The van der Waals surface area contributed by atoms with E-state index in [9.17, 15) is 9.59 Å². The lowest BCUT2D eigenvalue weighted by Crippen LogP contribution is -2.53. The number of carbonyl (C=O) groups excluding carboxylic acids is 2. The number of hydrogen-bond acceptors (Lipinski definition) is 3. The summed E-state index contributed by atoms with van der Waals surface area (Å²) >= 11 is 0. The lowest BCUT2D eigenvalue weighted by molar-refractivity contribution is -0.140. The first-order chi connectivity index (χ1) is 12.9. The van der Waals surface area contributed by atoms with Crippen molar-refractivity contribution in [1.82, 2.24) is 0 Å². The van der Waals surface area contributed by atoms with Gasteiger partial charge in [0.25, 0.3) is 0 Å². The zero-order chi connectivity index (χ0) is 19.2. The predicted octanol–water partition coefficient (Wildman–Crippen LogP) is 5.48. The number of Topliss-reactive ketones (excluding diaryl/α,β-unsaturated/α-hetero) is 1. The third-order valence-electron chi connectivity index (χ3n) is 9.28. The molecule has 0 aliphatic heterocycles. The first-order valence-electron chi connectivity index (χ1n) is 11.2. The number of fused-ring (bicyclic) bond motifs is 5. The highest BCUT2D eigenvalue weighted by Crippen LogP contribution is 2.65. The van der Waals surface area contributed by atoms with Crippen LogP contribution in [-0.2, 0) is 14.3 Å². The Morgan fingerprint density at radius 2 is 1.93 bits per heavy atom. The number of allylic oxidation sites excluding steroid dienone is 2. The molecule has 27 heavy (non-hydrogen) atoms. The highest BCUT2D eigenvalue weighted by atomic mass is 16.5. The summed E-state index contributed by atoms with van der Waals surface area (Å²) in [5, 5.41) is 0. The van der Waals surface area contributed by atoms with Gasteiger partial charge >= 0.3 is 5.97 Å². The van der Waals surface area contributed by atoms with Crippen LogP contribution in [0.25, 0.3) is 0 Å². The fourth-order valence-electron chi connectivity index (χ4n) is 7.56. The van der Waals surface area contributed by atoms with Gasteiger partial charge in [0.1, 0.15) is 5.78 Å². The number of esters is 1. The second kappa shape index (κ2) is 7.04. The highest BCUT2D eigenvalue weighted by molar-refractivity contribution is 5.87. The molecule has 0 N–H and O–H groups in total. The van der Waals surface area contributed by atoms with Gasteiger partial charge < -0.3 is 4.74 Å². The van der Waals surface area contributed by atoms with Crippen LogP contribution in [-0.4, -0.2) is 18.9 Å². The summed E-state index contributed by atoms with van der Waals surface area (Å²) < 4.78 is 4.76. The van der Waals surface area contributed by atoms with E-state index >= 15 is 0 Å². The van der Waals surface area contributed by atoms with Gasteiger partial charge in [0, 0.05) is 18.3 Å². The molecule has 5 unspecified atom stereocenters. The van der Waals surface area contributed by atoms with Crippen LogP contribution >= 0.6 is 0 Å². The average Bonchev–Trinajstić information content (AvgIpc) is 2.96. The van der Waals surface area contributed by atoms with Gasteiger partial charge in [-0.2, -0.15) is 0 Å². The summed E-state index contributed by atoms with van der Waals surface area (Å²) in [6.07, 6.45) is 14.4. The Kier molecular flexibility index (Phi) is 5.01. The van der Waals surface area contributed by atoms with Gasteiger partial charge in [0.15, 0.2) is 0 Å². The fourth-order valence-corrected chi connectivity index (χ4v) is 7.56. The maximum absolute atomic E-state index is 12.5. The molecule has 4 aliphatic carbocycles. The molecule has 0 spiro atoms. The molecule has 0 saturated heterocycles. The molecule has 4 saturated carbocycles. The fraction of sp³-hybridized carbons (Fsp3) is 0.833. The largest absolute Gasteiger partial charge is 0.469 e. The number of ketones is 1. The van der Waals surface area contributed by atoms with Crippen molar-refractivity contribution in [2.45, 2.75) is 84.5 Å². The zero-order valence-corrected chi connectivity index (χ0v) is 17.4. The number of rotatable bonds is 3. The van der Waals surface area contributed by atoms with Crippen LogP contribution in [0.15, 0.2) is 11.6 Å². The van der Waals surface area contributed by atoms with E-state index < -0.39 is 0 Å². The highest BCUT2D eigenvalue weighted by Gasteiger charge is 2.59. The molecule has 3 nitrogen and oxygen atoms in total. The van der Waals surface area contributed by atoms with Crippen LogP contribution in [0, 0.1) is 34.5 Å². The van der Waals surface area contributed by atoms with Crippen molar-refractivity contribution >= 4 is 11.8 Å². The molecule has 4 rings (SSSR count). The summed E-state index contributed by atoms with van der Waals surface area (Å²) in [7, 11) is 1.47. The van der Waals surface area contributed by atoms with Gasteiger partial charge in [-0.3, -0.25) is 9.59 Å². The molecular weight excluding hydrogens is 336 g/mol. The van der Waals surface area contributed by atoms with E-state index in [4.69, 9.17) is 4.74 Å². The minimum Gasteiger partial charge on any atom is -0.469 e. The van der Waals surface area contributed by atoms with Crippen molar-refractivity contribution in [3.63, 3.8) is 0 Å². The summed E-state index contributed by atoms with van der Waals surface area (Å²) in [6.45, 7) is 4.85. The van der Waals surface area contributed by atoms with Gasteiger partial charge in [0.2, 0.25) is 0 Å². The number of methoxy groups -OCH3 is 1. The van der Waals surface area contributed by atoms with Crippen molar-refractivity contribution in [3.8, 4) is 0 Å². The predicted molar refractivity (Wildman–Crippen MR) is 106 cm³/mol. The van der Waals surface area contributed by atoms with Crippen molar-refractivity contribution < 1.29 is 14.3 Å². The second-order valence-electron chi connectivity index (χ2n) is 10.3. The average molecular weight is 373 g/mol. The van der Waals surface area contributed by atoms with Crippen LogP contribution in [0.3, 0.4) is 0 Å². The molecule has 0 amide bonds. The van der Waals surface area contributed by atoms with Gasteiger partial charge in [0.05, 0.1) is 7.11 Å². The Morgan fingerprint density at radius 1 is 1.11 bits per heavy atom. The van der Waals surface area contributed by atoms with E-state index in [1.54, 1.807) is 5.57 Å². The number of hydrogen-bond donors (Lipinski definition) is 0. The second-order valence-corrected chi connectivity index (χ2v) is 10.3. The molecule has 0 heterocycles. The third kappa shape index (κ3) is 3.09. The van der Waals surface area contributed by atoms with E-state index in [0.29, 0.717) is 23.5 Å². The van der Waals surface area contributed by atoms with Crippen molar-refractivity contribution in [2.24, 2.45) is 34.5 Å². The van der Waals surface area contributed by atoms with Crippen molar-refractivity contribution in [2.75, 3.05) is 7.11 Å². The summed E-state index contributed by atoms with van der Waals surface area (Å²) in [4.78, 5) is 23.9. The quantitative estimate of drug-likeness (QED) is 0.487. The number of carbonyl (C=O) groups is 2. The molecule has 0 bridgehead atoms. The molecule has 3 heteroatoms. The standard InChI is InChI=1S/C24H36O3/c1-23-13-11-16(5-4-6-22(26)27-3)15-17(23)7-8-18-19-9-10-21(25)24(19,2)14-12-20(18)23/h5,17-20H,4,6-15H2,1-3H3/b16-5+/t17?,18?,19?,20?,23?,24-/m0/s1. The topological polar surface area (TPSA) is 43.4 Å². The van der Waals surface area contributed by atoms with Crippen LogP contribution < -0.4 is 0 Å². The Morgan fingerprint density at radius 3 is 2.70 bits per heavy atom. The minimum atomic E-state index is -0.107. The van der Waals surface area contributed by atoms with E-state index in [1.807, 2.05) is 0 Å². The SMILES string of the molecule is COC(=O)CC/C=C1\CCC2(C)C(CCC3C2CC[C@]2(C)C(=O)CCC32)C1. The maximum Gasteiger partial charge on any atom is 0.305 e. The Balaban J connectivity index is 1.45. The minimum absolute atomic E-state index is 0.00200. The number of ether oxygens (including phenoxy) is 1. The molecule has 4 fully saturated rings. The van der Waals surface area contributed by atoms with Crippen molar-refractivity contribution in [3.05, 3.63) is 11.6 Å². The molecule has 6 atom stereocenters. The van der Waals surface area contributed by atoms with E-state index in [-0.39, 0.29) is 11.4 Å². The van der Waals surface area contributed by atoms with Gasteiger partial charge in [-0.05, 0) is 86.9 Å². The monoisotopic (exact) mass is 372 g/mol. The Bertz CT molecular complexity index is 650. The molecule has 0 aromatic heterocycles. The lowest BCUT2D eigenvalue weighted by atomic mass is 9.45. The summed E-state index contributed by atoms with van der Waals surface area (Å²) in [5.41, 5.74) is 2.02. The van der Waals surface area contributed by atoms with Gasteiger partial charge in [-0.1, -0.05) is 25.5 Å². The smallest absolute Gasteiger partial charge is 0.305 e. The van der Waals surface area contributed by atoms with Crippen LogP contribution in [0.4, 0.5) is 0 Å². The van der Waals surface area contributed by atoms with Crippen LogP contribution in [0.2, 0.25) is 0 Å². The van der Waals surface area contributed by atoms with Gasteiger partial charge in [-0.15, -0.1) is 0 Å². The molecular formula is C24H36O3. The first kappa shape index (κ1) is 19.2. The lowest BCUT2D eigenvalue weighted by Gasteiger charge is -2.59. The molecule has 0 aromatic rings. The van der Waals surface area contributed by atoms with E-state index in [0.717, 1.165) is 43.4 Å². The van der Waals surface area contributed by atoms with Crippen LogP contribution in [0.1, 0.15) is 84.5 Å². The summed E-state index contributed by atoms with van der Waals surface area (Å²) in [6, 6.07) is 0. The van der Waals surface area contributed by atoms with Crippen LogP contribution in [0.5, 0.6) is 0 Å².